The molecule has 0 radical (unpaired) electrons. The van der Waals surface area contributed by atoms with Gasteiger partial charge < -0.3 is 14.5 Å². The molecule has 29 heavy (non-hydrogen) atoms. The number of carbonyl (C=O) groups excluding carboxylic acids is 1. The first-order valence-corrected chi connectivity index (χ1v) is 9.52. The van der Waals surface area contributed by atoms with E-state index in [4.69, 9.17) is 32.4 Å². The molecule has 4 aromatic rings. The smallest absolute Gasteiger partial charge is 0.259 e. The van der Waals surface area contributed by atoms with Crippen molar-refractivity contribution in [1.29, 1.82) is 0 Å². The molecule has 0 aliphatic rings. The molecule has 0 aliphatic heterocycles. The number of hydrogen-bond acceptors (Lipinski definition) is 4. The second kappa shape index (κ2) is 7.78. The zero-order chi connectivity index (χ0) is 20.5. The van der Waals surface area contributed by atoms with Gasteiger partial charge in [-0.2, -0.15) is 0 Å². The molecule has 0 unspecified atom stereocenters. The summed E-state index contributed by atoms with van der Waals surface area (Å²) in [5.41, 5.74) is 4.30. The highest BCUT2D eigenvalue weighted by Gasteiger charge is 2.17. The third-order valence-corrected chi connectivity index (χ3v) is 4.89. The van der Waals surface area contributed by atoms with Crippen LogP contribution in [0.15, 0.2) is 59.0 Å². The van der Waals surface area contributed by atoms with Gasteiger partial charge in [0.15, 0.2) is 5.58 Å². The Kier molecular flexibility index (Phi) is 5.18. The third kappa shape index (κ3) is 3.92. The Bertz CT molecular complexity index is 1220. The van der Waals surface area contributed by atoms with Crippen LogP contribution in [0.4, 0.5) is 5.69 Å². The molecule has 4 rings (SSSR count). The summed E-state index contributed by atoms with van der Waals surface area (Å²) in [5, 5.41) is 3.43. The Labute approximate surface area is 177 Å². The van der Waals surface area contributed by atoms with Gasteiger partial charge in [0.25, 0.3) is 5.91 Å². The SMILES string of the molecule is COc1c(Cl)cc(Cl)cc1C(=O)Nc1ccc(-c2nc3ccc(C)cc3o2)cc1. The molecule has 1 N–H and O–H groups in total. The van der Waals surface area contributed by atoms with Crippen LogP contribution in [0.1, 0.15) is 15.9 Å². The Balaban J connectivity index is 1.57. The number of carbonyl (C=O) groups is 1. The summed E-state index contributed by atoms with van der Waals surface area (Å²) in [5.74, 6) is 0.412. The monoisotopic (exact) mass is 426 g/mol. The number of rotatable bonds is 4. The van der Waals surface area contributed by atoms with Crippen molar-refractivity contribution in [3.8, 4) is 17.2 Å². The molecule has 1 heterocycles. The lowest BCUT2D eigenvalue weighted by atomic mass is 10.1. The number of anilines is 1. The highest BCUT2D eigenvalue weighted by Crippen LogP contribution is 2.33. The second-order valence-corrected chi connectivity index (χ2v) is 7.33. The number of nitrogens with one attached hydrogen (secondary N) is 1. The van der Waals surface area contributed by atoms with Gasteiger partial charge in [-0.1, -0.05) is 29.3 Å². The van der Waals surface area contributed by atoms with Crippen molar-refractivity contribution in [2.24, 2.45) is 0 Å². The highest BCUT2D eigenvalue weighted by molar-refractivity contribution is 6.36. The number of methoxy groups -OCH3 is 1. The summed E-state index contributed by atoms with van der Waals surface area (Å²) in [6, 6.07) is 16.1. The summed E-state index contributed by atoms with van der Waals surface area (Å²) in [6.45, 7) is 2.00. The summed E-state index contributed by atoms with van der Waals surface area (Å²) >= 11 is 12.1. The number of benzene rings is 3. The largest absolute Gasteiger partial charge is 0.494 e. The van der Waals surface area contributed by atoms with Crippen molar-refractivity contribution in [3.05, 3.63) is 75.8 Å². The van der Waals surface area contributed by atoms with E-state index in [1.807, 2.05) is 37.3 Å². The Hall–Kier alpha value is -3.02. The first-order chi connectivity index (χ1) is 13.9. The molecule has 0 saturated carbocycles. The van der Waals surface area contributed by atoms with E-state index in [1.54, 1.807) is 12.1 Å². The van der Waals surface area contributed by atoms with Crippen LogP contribution in [0.3, 0.4) is 0 Å². The van der Waals surface area contributed by atoms with Gasteiger partial charge in [-0.25, -0.2) is 4.98 Å². The van der Waals surface area contributed by atoms with Crippen molar-refractivity contribution >= 4 is 45.9 Å². The van der Waals surface area contributed by atoms with E-state index in [0.717, 1.165) is 22.2 Å². The highest BCUT2D eigenvalue weighted by atomic mass is 35.5. The van der Waals surface area contributed by atoms with Gasteiger partial charge in [0.1, 0.15) is 11.3 Å². The van der Waals surface area contributed by atoms with E-state index in [1.165, 1.54) is 19.2 Å². The first-order valence-electron chi connectivity index (χ1n) is 8.76. The maximum Gasteiger partial charge on any atom is 0.259 e. The standard InChI is InChI=1S/C22H16Cl2N2O3/c1-12-3-8-18-19(9-12)29-22(26-18)13-4-6-15(7-5-13)25-21(27)16-10-14(23)11-17(24)20(16)28-2/h3-11H,1-2H3,(H,25,27). The number of aromatic nitrogens is 1. The minimum Gasteiger partial charge on any atom is -0.494 e. The molecule has 0 aliphatic carbocycles. The van der Waals surface area contributed by atoms with Gasteiger partial charge in [0.2, 0.25) is 5.89 Å². The predicted octanol–water partition coefficient (Wildman–Crippen LogP) is 6.37. The fourth-order valence-electron chi connectivity index (χ4n) is 2.99. The molecule has 3 aromatic carbocycles. The fraction of sp³-hybridized carbons (Fsp3) is 0.0909. The topological polar surface area (TPSA) is 64.4 Å². The van der Waals surface area contributed by atoms with Gasteiger partial charge in [-0.15, -0.1) is 0 Å². The number of fused-ring (bicyclic) bond motifs is 1. The zero-order valence-electron chi connectivity index (χ0n) is 15.6. The molecule has 0 fully saturated rings. The number of halogens is 2. The van der Waals surface area contributed by atoms with Crippen molar-refractivity contribution in [2.45, 2.75) is 6.92 Å². The predicted molar refractivity (Wildman–Crippen MR) is 115 cm³/mol. The van der Waals surface area contributed by atoms with Crippen LogP contribution in [0.5, 0.6) is 5.75 Å². The van der Waals surface area contributed by atoms with Crippen LogP contribution in [0, 0.1) is 6.92 Å². The van der Waals surface area contributed by atoms with E-state index < -0.39 is 0 Å². The van der Waals surface area contributed by atoms with E-state index in [9.17, 15) is 4.79 Å². The number of amides is 1. The zero-order valence-corrected chi connectivity index (χ0v) is 17.1. The van der Waals surface area contributed by atoms with E-state index in [0.29, 0.717) is 16.6 Å². The van der Waals surface area contributed by atoms with Gasteiger partial charge in [0, 0.05) is 16.3 Å². The normalized spacial score (nSPS) is 10.9. The maximum absolute atomic E-state index is 12.7. The number of aryl methyl sites for hydroxylation is 1. The molecule has 0 saturated heterocycles. The van der Waals surface area contributed by atoms with Crippen molar-refractivity contribution < 1.29 is 13.9 Å². The number of hydrogen-bond donors (Lipinski definition) is 1. The van der Waals surface area contributed by atoms with Crippen LogP contribution in [0.2, 0.25) is 10.0 Å². The summed E-state index contributed by atoms with van der Waals surface area (Å²) < 4.78 is 11.1. The van der Waals surface area contributed by atoms with Crippen LogP contribution in [0.25, 0.3) is 22.6 Å². The molecule has 0 bridgehead atoms. The molecule has 5 nitrogen and oxygen atoms in total. The van der Waals surface area contributed by atoms with Gasteiger partial charge in [-0.05, 0) is 61.0 Å². The number of ether oxygens (including phenoxy) is 1. The third-order valence-electron chi connectivity index (χ3n) is 4.39. The average molecular weight is 427 g/mol. The number of oxazole rings is 1. The van der Waals surface area contributed by atoms with E-state index in [2.05, 4.69) is 10.3 Å². The fourth-order valence-corrected chi connectivity index (χ4v) is 3.56. The molecular formula is C22H16Cl2N2O3. The van der Waals surface area contributed by atoms with Gasteiger partial charge in [-0.3, -0.25) is 4.79 Å². The lowest BCUT2D eigenvalue weighted by Gasteiger charge is -2.11. The van der Waals surface area contributed by atoms with Crippen molar-refractivity contribution in [1.82, 2.24) is 4.98 Å². The molecule has 1 aromatic heterocycles. The molecule has 0 spiro atoms. The Morgan fingerprint density at radius 3 is 2.55 bits per heavy atom. The minimum absolute atomic E-state index is 0.253. The quantitative estimate of drug-likeness (QED) is 0.411. The van der Waals surface area contributed by atoms with Crippen LogP contribution in [-0.2, 0) is 0 Å². The van der Waals surface area contributed by atoms with Crippen molar-refractivity contribution in [3.63, 3.8) is 0 Å². The minimum atomic E-state index is -0.378. The van der Waals surface area contributed by atoms with Crippen LogP contribution < -0.4 is 10.1 Å². The lowest BCUT2D eigenvalue weighted by molar-refractivity contribution is 0.102. The summed E-state index contributed by atoms with van der Waals surface area (Å²) in [7, 11) is 1.45. The van der Waals surface area contributed by atoms with Gasteiger partial charge >= 0.3 is 0 Å². The molecule has 1 amide bonds. The lowest BCUT2D eigenvalue weighted by Crippen LogP contribution is -2.13. The molecular weight excluding hydrogens is 411 g/mol. The van der Waals surface area contributed by atoms with E-state index in [-0.39, 0.29) is 22.2 Å². The van der Waals surface area contributed by atoms with Gasteiger partial charge in [0.05, 0.1) is 17.7 Å². The maximum atomic E-state index is 12.7. The Morgan fingerprint density at radius 1 is 1.07 bits per heavy atom. The van der Waals surface area contributed by atoms with Crippen LogP contribution in [-0.4, -0.2) is 18.0 Å². The average Bonchev–Trinajstić information content (AvgIpc) is 3.11. The van der Waals surface area contributed by atoms with Crippen molar-refractivity contribution in [2.75, 3.05) is 12.4 Å². The Morgan fingerprint density at radius 2 is 1.83 bits per heavy atom. The molecule has 7 heteroatoms. The summed E-state index contributed by atoms with van der Waals surface area (Å²) in [6.07, 6.45) is 0. The molecule has 146 valence electrons. The van der Waals surface area contributed by atoms with Crippen LogP contribution >= 0.6 is 23.2 Å². The number of nitrogens with zero attached hydrogens (tertiary/aromatic N) is 1. The molecule has 0 atom stereocenters. The second-order valence-electron chi connectivity index (χ2n) is 6.49. The summed E-state index contributed by atoms with van der Waals surface area (Å²) in [4.78, 5) is 17.2. The van der Waals surface area contributed by atoms with E-state index >= 15 is 0 Å². The first kappa shape index (κ1) is 19.3.